The fraction of sp³-hybridized carbons (Fsp3) is 1.00. The van der Waals surface area contributed by atoms with Gasteiger partial charge in [-0.25, -0.2) is 0 Å². The molecule has 0 aromatic heterocycles. The van der Waals surface area contributed by atoms with E-state index in [0.717, 1.165) is 24.4 Å². The third-order valence-corrected chi connectivity index (χ3v) is 5.09. The summed E-state index contributed by atoms with van der Waals surface area (Å²) in [5.41, 5.74) is 6.46. The predicted octanol–water partition coefficient (Wildman–Crippen LogP) is 2.87. The highest BCUT2D eigenvalue weighted by molar-refractivity contribution is 4.92. The molecule has 0 aromatic rings. The van der Waals surface area contributed by atoms with Crippen LogP contribution in [0.25, 0.3) is 0 Å². The monoisotopic (exact) mass is 238 g/mol. The van der Waals surface area contributed by atoms with Crippen LogP contribution in [0.4, 0.5) is 0 Å². The van der Waals surface area contributed by atoms with Gasteiger partial charge in [0.25, 0.3) is 0 Å². The molecule has 2 rings (SSSR count). The summed E-state index contributed by atoms with van der Waals surface area (Å²) in [5.74, 6) is 1.64. The van der Waals surface area contributed by atoms with Crippen LogP contribution in [0.5, 0.6) is 0 Å². The van der Waals surface area contributed by atoms with E-state index in [1.54, 1.807) is 0 Å². The molecule has 2 nitrogen and oxygen atoms in total. The fourth-order valence-corrected chi connectivity index (χ4v) is 3.79. The second-order valence-electron chi connectivity index (χ2n) is 7.18. The Morgan fingerprint density at radius 3 is 2.29 bits per heavy atom. The summed E-state index contributed by atoms with van der Waals surface area (Å²) in [6.07, 6.45) is 6.91. The first-order valence-electron chi connectivity index (χ1n) is 7.46. The highest BCUT2D eigenvalue weighted by Gasteiger charge is 2.38. The number of hydrogen-bond donors (Lipinski definition) is 1. The smallest absolute Gasteiger partial charge is 0.0138 e. The van der Waals surface area contributed by atoms with Gasteiger partial charge in [0.2, 0.25) is 0 Å². The lowest BCUT2D eigenvalue weighted by atomic mass is 9.67. The van der Waals surface area contributed by atoms with Crippen LogP contribution in [-0.4, -0.2) is 30.6 Å². The topological polar surface area (TPSA) is 29.3 Å². The van der Waals surface area contributed by atoms with Gasteiger partial charge in [-0.3, -0.25) is 0 Å². The van der Waals surface area contributed by atoms with Gasteiger partial charge in [0.1, 0.15) is 0 Å². The van der Waals surface area contributed by atoms with E-state index in [2.05, 4.69) is 25.7 Å². The minimum Gasteiger partial charge on any atom is -0.330 e. The predicted molar refractivity (Wildman–Crippen MR) is 73.9 cm³/mol. The van der Waals surface area contributed by atoms with Gasteiger partial charge in [0, 0.05) is 6.04 Å². The number of rotatable bonds is 2. The molecule has 0 radical (unpaired) electrons. The highest BCUT2D eigenvalue weighted by Crippen LogP contribution is 2.41. The summed E-state index contributed by atoms with van der Waals surface area (Å²) in [6.45, 7) is 10.7. The molecule has 0 bridgehead atoms. The van der Waals surface area contributed by atoms with Crippen molar-refractivity contribution >= 4 is 0 Å². The molecule has 17 heavy (non-hydrogen) atoms. The molecule has 3 atom stereocenters. The van der Waals surface area contributed by atoms with E-state index in [1.165, 1.54) is 45.2 Å². The standard InChI is InChI=1S/C15H30N2/c1-15(2,3)13-7-6-12(11-16)14(10-13)17-8-4-5-9-17/h12-14H,4-11,16H2,1-3H3. The number of likely N-dealkylation sites (tertiary alicyclic amines) is 1. The first-order valence-corrected chi connectivity index (χ1v) is 7.46. The molecule has 0 amide bonds. The fourth-order valence-electron chi connectivity index (χ4n) is 3.79. The summed E-state index contributed by atoms with van der Waals surface area (Å²) >= 11 is 0. The number of nitrogens with two attached hydrogens (primary N) is 1. The van der Waals surface area contributed by atoms with Crippen molar-refractivity contribution in [2.24, 2.45) is 23.0 Å². The molecule has 3 unspecified atom stereocenters. The molecule has 1 heterocycles. The quantitative estimate of drug-likeness (QED) is 0.801. The van der Waals surface area contributed by atoms with Crippen molar-refractivity contribution in [2.45, 2.75) is 58.9 Å². The summed E-state index contributed by atoms with van der Waals surface area (Å²) in [6, 6.07) is 0.778. The zero-order valence-corrected chi connectivity index (χ0v) is 11.9. The van der Waals surface area contributed by atoms with E-state index < -0.39 is 0 Å². The van der Waals surface area contributed by atoms with Crippen molar-refractivity contribution in [3.63, 3.8) is 0 Å². The van der Waals surface area contributed by atoms with Crippen LogP contribution in [0.3, 0.4) is 0 Å². The van der Waals surface area contributed by atoms with Crippen molar-refractivity contribution in [3.05, 3.63) is 0 Å². The average Bonchev–Trinajstić information content (AvgIpc) is 2.80. The van der Waals surface area contributed by atoms with Crippen molar-refractivity contribution in [1.29, 1.82) is 0 Å². The Balaban J connectivity index is 2.03. The van der Waals surface area contributed by atoms with Gasteiger partial charge in [-0.15, -0.1) is 0 Å². The third kappa shape index (κ3) is 3.03. The minimum atomic E-state index is 0.470. The molecule has 100 valence electrons. The highest BCUT2D eigenvalue weighted by atomic mass is 15.2. The minimum absolute atomic E-state index is 0.470. The molecule has 0 aromatic carbocycles. The van der Waals surface area contributed by atoms with E-state index in [-0.39, 0.29) is 0 Å². The maximum Gasteiger partial charge on any atom is 0.0138 e. The molecule has 1 aliphatic carbocycles. The summed E-state index contributed by atoms with van der Waals surface area (Å²) in [4.78, 5) is 2.73. The van der Waals surface area contributed by atoms with Gasteiger partial charge in [0.05, 0.1) is 0 Å². The van der Waals surface area contributed by atoms with Gasteiger partial charge in [-0.05, 0) is 69.0 Å². The van der Waals surface area contributed by atoms with Gasteiger partial charge in [-0.2, -0.15) is 0 Å². The van der Waals surface area contributed by atoms with Crippen molar-refractivity contribution in [2.75, 3.05) is 19.6 Å². The Bertz CT molecular complexity index is 236. The molecular weight excluding hydrogens is 208 g/mol. The van der Waals surface area contributed by atoms with E-state index in [0.29, 0.717) is 5.41 Å². The van der Waals surface area contributed by atoms with Crippen LogP contribution in [0.15, 0.2) is 0 Å². The van der Waals surface area contributed by atoms with Crippen LogP contribution in [0.1, 0.15) is 52.9 Å². The largest absolute Gasteiger partial charge is 0.330 e. The molecule has 1 saturated carbocycles. The van der Waals surface area contributed by atoms with Crippen molar-refractivity contribution < 1.29 is 0 Å². The molecule has 2 heteroatoms. The summed E-state index contributed by atoms with van der Waals surface area (Å²) < 4.78 is 0. The first-order chi connectivity index (χ1) is 8.02. The number of nitrogens with zero attached hydrogens (tertiary/aromatic N) is 1. The second kappa shape index (κ2) is 5.27. The van der Waals surface area contributed by atoms with Gasteiger partial charge >= 0.3 is 0 Å². The molecule has 1 aliphatic heterocycles. The second-order valence-corrected chi connectivity index (χ2v) is 7.18. The van der Waals surface area contributed by atoms with Crippen molar-refractivity contribution in [1.82, 2.24) is 4.90 Å². The van der Waals surface area contributed by atoms with Crippen molar-refractivity contribution in [3.8, 4) is 0 Å². The maximum absolute atomic E-state index is 5.99. The lowest BCUT2D eigenvalue weighted by molar-refractivity contribution is 0.0582. The SMILES string of the molecule is CC(C)(C)C1CCC(CN)C(N2CCCC2)C1. The van der Waals surface area contributed by atoms with Crippen LogP contribution < -0.4 is 5.73 Å². The normalized spacial score (nSPS) is 36.4. The zero-order valence-electron chi connectivity index (χ0n) is 11.9. The van der Waals surface area contributed by atoms with E-state index in [4.69, 9.17) is 5.73 Å². The van der Waals surface area contributed by atoms with Crippen LogP contribution in [0, 0.1) is 17.3 Å². The summed E-state index contributed by atoms with van der Waals surface area (Å²) in [5, 5.41) is 0. The van der Waals surface area contributed by atoms with Crippen LogP contribution >= 0.6 is 0 Å². The molecule has 1 saturated heterocycles. The maximum atomic E-state index is 5.99. The molecule has 2 fully saturated rings. The Morgan fingerprint density at radius 1 is 1.12 bits per heavy atom. The van der Waals surface area contributed by atoms with Gasteiger partial charge in [0.15, 0.2) is 0 Å². The Labute approximate surface area is 107 Å². The number of hydrogen-bond acceptors (Lipinski definition) is 2. The van der Waals surface area contributed by atoms with E-state index in [9.17, 15) is 0 Å². The Hall–Kier alpha value is -0.0800. The molecule has 2 N–H and O–H groups in total. The van der Waals surface area contributed by atoms with Gasteiger partial charge in [-0.1, -0.05) is 20.8 Å². The summed E-state index contributed by atoms with van der Waals surface area (Å²) in [7, 11) is 0. The lowest BCUT2D eigenvalue weighted by Gasteiger charge is -2.45. The van der Waals surface area contributed by atoms with E-state index in [1.807, 2.05) is 0 Å². The average molecular weight is 238 g/mol. The zero-order chi connectivity index (χ0) is 12.5. The third-order valence-electron chi connectivity index (χ3n) is 5.09. The van der Waals surface area contributed by atoms with Crippen LogP contribution in [0.2, 0.25) is 0 Å². The van der Waals surface area contributed by atoms with E-state index >= 15 is 0 Å². The molecule has 0 spiro atoms. The first kappa shape index (κ1) is 13.4. The lowest BCUT2D eigenvalue weighted by Crippen LogP contribution is -2.47. The molecular formula is C15H30N2. The Morgan fingerprint density at radius 2 is 1.76 bits per heavy atom. The van der Waals surface area contributed by atoms with Crippen LogP contribution in [-0.2, 0) is 0 Å². The molecule has 2 aliphatic rings. The Kier molecular flexibility index (Phi) is 4.14. The van der Waals surface area contributed by atoms with Gasteiger partial charge < -0.3 is 10.6 Å².